The van der Waals surface area contributed by atoms with Crippen LogP contribution < -0.4 is 4.74 Å². The second-order valence-corrected chi connectivity index (χ2v) is 8.44. The van der Waals surface area contributed by atoms with E-state index < -0.39 is 29.0 Å². The molecule has 1 aliphatic rings. The third-order valence-corrected chi connectivity index (χ3v) is 6.13. The standard InChI is InChI=1S/C26H20F4N4O2/c1-2-23(35)33-9-3-4-15(14-33)26-24-20(29)12-31-13-21(24)34(32-26)17-5-7-18(8-6-17)36-22-11-16(27)10-19(28)25(22)30/h2,5-8,10-13,15H,1,3-4,9,14H2/t15-/m1/s1. The lowest BCUT2D eigenvalue weighted by atomic mass is 9.93. The lowest BCUT2D eigenvalue weighted by Gasteiger charge is -2.31. The van der Waals surface area contributed by atoms with E-state index >= 15 is 0 Å². The molecule has 5 rings (SSSR count). The summed E-state index contributed by atoms with van der Waals surface area (Å²) < 4.78 is 62.7. The highest BCUT2D eigenvalue weighted by Crippen LogP contribution is 2.34. The summed E-state index contributed by atoms with van der Waals surface area (Å²) in [5, 5.41) is 5.01. The molecule has 0 aliphatic carbocycles. The molecule has 0 radical (unpaired) electrons. The summed E-state index contributed by atoms with van der Waals surface area (Å²) in [7, 11) is 0. The van der Waals surface area contributed by atoms with Crippen molar-refractivity contribution in [2.75, 3.05) is 13.1 Å². The van der Waals surface area contributed by atoms with Crippen LogP contribution >= 0.6 is 0 Å². The van der Waals surface area contributed by atoms with Gasteiger partial charge in [0, 0.05) is 31.1 Å². The SMILES string of the molecule is C=CC(=O)N1CCC[C@@H](c2nn(-c3ccc(Oc4cc(F)cc(F)c4F)cc3)c3cncc(F)c23)C1. The third kappa shape index (κ3) is 4.30. The summed E-state index contributed by atoms with van der Waals surface area (Å²) >= 11 is 0. The Labute approximate surface area is 203 Å². The number of nitrogens with zero attached hydrogens (tertiary/aromatic N) is 4. The van der Waals surface area contributed by atoms with Crippen LogP contribution in [0.5, 0.6) is 11.5 Å². The van der Waals surface area contributed by atoms with Crippen LogP contribution in [0.3, 0.4) is 0 Å². The van der Waals surface area contributed by atoms with Crippen LogP contribution in [0, 0.1) is 23.3 Å². The van der Waals surface area contributed by atoms with Gasteiger partial charge in [-0.3, -0.25) is 9.78 Å². The van der Waals surface area contributed by atoms with Crippen LogP contribution in [0.25, 0.3) is 16.6 Å². The zero-order valence-electron chi connectivity index (χ0n) is 18.9. The fraction of sp³-hybridized carbons (Fsp3) is 0.192. The van der Waals surface area contributed by atoms with Crippen LogP contribution in [0.15, 0.2) is 61.4 Å². The second kappa shape index (κ2) is 9.44. The van der Waals surface area contributed by atoms with E-state index in [1.165, 1.54) is 29.1 Å². The minimum atomic E-state index is -1.36. The van der Waals surface area contributed by atoms with Gasteiger partial charge in [0.2, 0.25) is 11.7 Å². The molecule has 1 amide bonds. The molecule has 1 saturated heterocycles. The van der Waals surface area contributed by atoms with Gasteiger partial charge < -0.3 is 9.64 Å². The molecule has 0 saturated carbocycles. The normalized spacial score (nSPS) is 15.8. The number of benzene rings is 2. The van der Waals surface area contributed by atoms with Gasteiger partial charge in [-0.15, -0.1) is 0 Å². The number of carbonyl (C=O) groups excluding carboxylic acids is 1. The van der Waals surface area contributed by atoms with Gasteiger partial charge in [0.1, 0.15) is 11.6 Å². The fourth-order valence-electron chi connectivity index (χ4n) is 4.45. The molecular weight excluding hydrogens is 476 g/mol. The molecule has 184 valence electrons. The maximum Gasteiger partial charge on any atom is 0.245 e. The van der Waals surface area contributed by atoms with Gasteiger partial charge in [-0.05, 0) is 43.2 Å². The lowest BCUT2D eigenvalue weighted by Crippen LogP contribution is -2.38. The van der Waals surface area contributed by atoms with E-state index in [-0.39, 0.29) is 17.6 Å². The number of piperidine rings is 1. The minimum absolute atomic E-state index is 0.134. The zero-order valence-corrected chi connectivity index (χ0v) is 18.9. The number of carbonyl (C=O) groups is 1. The van der Waals surface area contributed by atoms with Crippen molar-refractivity contribution >= 4 is 16.8 Å². The van der Waals surface area contributed by atoms with Crippen molar-refractivity contribution < 1.29 is 27.1 Å². The summed E-state index contributed by atoms with van der Waals surface area (Å²) in [6.45, 7) is 4.53. The highest BCUT2D eigenvalue weighted by Gasteiger charge is 2.29. The van der Waals surface area contributed by atoms with Crippen molar-refractivity contribution in [2.24, 2.45) is 0 Å². The number of aromatic nitrogens is 3. The van der Waals surface area contributed by atoms with Crippen molar-refractivity contribution in [1.29, 1.82) is 0 Å². The molecule has 10 heteroatoms. The number of rotatable bonds is 5. The summed E-state index contributed by atoms with van der Waals surface area (Å²) in [4.78, 5) is 17.8. The Morgan fingerprint density at radius 1 is 1.08 bits per heavy atom. The number of amides is 1. The van der Waals surface area contributed by atoms with E-state index in [1.54, 1.807) is 17.0 Å². The first-order valence-electron chi connectivity index (χ1n) is 11.2. The summed E-state index contributed by atoms with van der Waals surface area (Å²) in [5.41, 5.74) is 1.49. The van der Waals surface area contributed by atoms with E-state index in [4.69, 9.17) is 4.74 Å². The first kappa shape index (κ1) is 23.5. The van der Waals surface area contributed by atoms with Gasteiger partial charge in [-0.2, -0.15) is 9.49 Å². The van der Waals surface area contributed by atoms with Crippen molar-refractivity contribution in [3.8, 4) is 17.2 Å². The Morgan fingerprint density at radius 2 is 1.86 bits per heavy atom. The van der Waals surface area contributed by atoms with E-state index in [2.05, 4.69) is 16.7 Å². The Bertz CT molecular complexity index is 1470. The van der Waals surface area contributed by atoms with Gasteiger partial charge >= 0.3 is 0 Å². The number of halogens is 4. The van der Waals surface area contributed by atoms with Crippen molar-refractivity contribution in [1.82, 2.24) is 19.7 Å². The van der Waals surface area contributed by atoms with Crippen molar-refractivity contribution in [3.63, 3.8) is 0 Å². The van der Waals surface area contributed by atoms with Gasteiger partial charge in [0.25, 0.3) is 0 Å². The van der Waals surface area contributed by atoms with Crippen LogP contribution in [-0.2, 0) is 4.79 Å². The molecule has 4 aromatic rings. The number of ether oxygens (including phenoxy) is 1. The van der Waals surface area contributed by atoms with Crippen LogP contribution in [0.2, 0.25) is 0 Å². The predicted molar refractivity (Wildman–Crippen MR) is 124 cm³/mol. The predicted octanol–water partition coefficient (Wildman–Crippen LogP) is 5.66. The molecule has 0 bridgehead atoms. The van der Waals surface area contributed by atoms with E-state index in [9.17, 15) is 22.4 Å². The molecule has 2 aromatic carbocycles. The zero-order chi connectivity index (χ0) is 25.4. The molecule has 1 aliphatic heterocycles. The summed E-state index contributed by atoms with van der Waals surface area (Å²) in [6, 6.07) is 7.32. The third-order valence-electron chi connectivity index (χ3n) is 6.13. The molecule has 0 unspecified atom stereocenters. The molecule has 6 nitrogen and oxygen atoms in total. The number of pyridine rings is 1. The van der Waals surface area contributed by atoms with Crippen molar-refractivity contribution in [2.45, 2.75) is 18.8 Å². The molecule has 2 aromatic heterocycles. The Balaban J connectivity index is 1.49. The average Bonchev–Trinajstić information content (AvgIpc) is 3.28. The maximum absolute atomic E-state index is 14.9. The van der Waals surface area contributed by atoms with Crippen LogP contribution in [0.4, 0.5) is 17.6 Å². The molecule has 36 heavy (non-hydrogen) atoms. The van der Waals surface area contributed by atoms with Gasteiger partial charge in [-0.25, -0.2) is 17.9 Å². The Kier molecular flexibility index (Phi) is 6.17. The number of hydrogen-bond donors (Lipinski definition) is 0. The van der Waals surface area contributed by atoms with Crippen molar-refractivity contribution in [3.05, 3.63) is 90.4 Å². The first-order valence-corrected chi connectivity index (χ1v) is 11.2. The molecule has 3 heterocycles. The summed E-state index contributed by atoms with van der Waals surface area (Å²) in [6.07, 6.45) is 5.36. The van der Waals surface area contributed by atoms with Crippen LogP contribution in [-0.4, -0.2) is 38.7 Å². The van der Waals surface area contributed by atoms with E-state index in [1.807, 2.05) is 0 Å². The topological polar surface area (TPSA) is 60.2 Å². The van der Waals surface area contributed by atoms with Gasteiger partial charge in [0.15, 0.2) is 17.4 Å². The average molecular weight is 496 g/mol. The largest absolute Gasteiger partial charge is 0.454 e. The Morgan fingerprint density at radius 3 is 2.61 bits per heavy atom. The number of fused-ring (bicyclic) bond motifs is 1. The molecule has 1 fully saturated rings. The molecule has 1 atom stereocenters. The molecule has 0 spiro atoms. The number of likely N-dealkylation sites (tertiary alicyclic amines) is 1. The van der Waals surface area contributed by atoms with Crippen LogP contribution in [0.1, 0.15) is 24.5 Å². The maximum atomic E-state index is 14.9. The monoisotopic (exact) mass is 496 g/mol. The molecular formula is C26H20F4N4O2. The van der Waals surface area contributed by atoms with Gasteiger partial charge in [0.05, 0.1) is 34.7 Å². The van der Waals surface area contributed by atoms with E-state index in [0.29, 0.717) is 41.4 Å². The summed E-state index contributed by atoms with van der Waals surface area (Å²) in [5.74, 6) is -4.98. The fourth-order valence-corrected chi connectivity index (χ4v) is 4.45. The molecule has 0 N–H and O–H groups in total. The highest BCUT2D eigenvalue weighted by molar-refractivity contribution is 5.87. The van der Waals surface area contributed by atoms with E-state index in [0.717, 1.165) is 25.1 Å². The smallest absolute Gasteiger partial charge is 0.245 e. The van der Waals surface area contributed by atoms with Gasteiger partial charge in [-0.1, -0.05) is 6.58 Å². The minimum Gasteiger partial charge on any atom is -0.454 e. The quantitative estimate of drug-likeness (QED) is 0.203. The lowest BCUT2D eigenvalue weighted by molar-refractivity contribution is -0.127. The Hall–Kier alpha value is -4.21. The second-order valence-electron chi connectivity index (χ2n) is 8.44. The number of hydrogen-bond acceptors (Lipinski definition) is 4. The highest BCUT2D eigenvalue weighted by atomic mass is 19.2. The first-order chi connectivity index (χ1) is 17.4.